The van der Waals surface area contributed by atoms with E-state index < -0.39 is 0 Å². The lowest BCUT2D eigenvalue weighted by Crippen LogP contribution is -2.21. The Balaban J connectivity index is 0. The fourth-order valence-corrected chi connectivity index (χ4v) is 0.485. The summed E-state index contributed by atoms with van der Waals surface area (Å²) < 4.78 is 0. The summed E-state index contributed by atoms with van der Waals surface area (Å²) in [6.07, 6.45) is 5.13. The van der Waals surface area contributed by atoms with Crippen LogP contribution in [0.15, 0.2) is 37.0 Å². The second-order valence-electron chi connectivity index (χ2n) is 1.74. The molecule has 0 unspecified atom stereocenters. The van der Waals surface area contributed by atoms with E-state index in [1.54, 1.807) is 18.2 Å². The Morgan fingerprint density at radius 1 is 1.46 bits per heavy atom. The highest BCUT2D eigenvalue weighted by atomic mass is 15.2. The summed E-state index contributed by atoms with van der Waals surface area (Å²) in [4.78, 5) is 0. The van der Waals surface area contributed by atoms with Crippen LogP contribution in [0.3, 0.4) is 0 Å². The Labute approximate surface area is 81.2 Å². The molecule has 2 heteroatoms. The first-order chi connectivity index (χ1) is 6.35. The van der Waals surface area contributed by atoms with Gasteiger partial charge in [-0.25, -0.2) is 5.43 Å². The summed E-state index contributed by atoms with van der Waals surface area (Å²) in [6, 6.07) is 0. The molecule has 0 rings (SSSR count). The molecule has 0 spiro atoms. The van der Waals surface area contributed by atoms with Gasteiger partial charge in [-0.3, -0.25) is 5.84 Å². The topological polar surface area (TPSA) is 38.0 Å². The monoisotopic (exact) mass is 178 g/mol. The Morgan fingerprint density at radius 3 is 2.46 bits per heavy atom. The maximum absolute atomic E-state index is 5.01. The van der Waals surface area contributed by atoms with Gasteiger partial charge in [0.25, 0.3) is 0 Å². The zero-order chi connectivity index (χ0) is 10.5. The molecular formula is C11H18N2. The van der Waals surface area contributed by atoms with Crippen molar-refractivity contribution in [2.75, 3.05) is 6.54 Å². The van der Waals surface area contributed by atoms with E-state index in [-0.39, 0.29) is 0 Å². The van der Waals surface area contributed by atoms with E-state index in [9.17, 15) is 0 Å². The van der Waals surface area contributed by atoms with Gasteiger partial charge in [-0.1, -0.05) is 51.0 Å². The van der Waals surface area contributed by atoms with Gasteiger partial charge in [0.2, 0.25) is 0 Å². The smallest absolute Gasteiger partial charge is 0.0713 e. The van der Waals surface area contributed by atoms with Gasteiger partial charge in [0.05, 0.1) is 6.54 Å². The van der Waals surface area contributed by atoms with Crippen LogP contribution in [0.5, 0.6) is 0 Å². The molecule has 0 fully saturated rings. The standard InChI is InChI=1S/C9H12N2.C2H6/c1-3-6-9(4-2)7-5-8-11-10;1-2/h3-4,6,11H,1-2,8,10H2;1-2H3/b9-6+;. The fraction of sp³-hybridized carbons (Fsp3) is 0.273. The number of rotatable bonds is 3. The maximum atomic E-state index is 5.01. The van der Waals surface area contributed by atoms with Crippen LogP contribution in [0, 0.1) is 11.8 Å². The van der Waals surface area contributed by atoms with Gasteiger partial charge in [0, 0.05) is 5.57 Å². The van der Waals surface area contributed by atoms with Crippen molar-refractivity contribution in [2.24, 2.45) is 5.84 Å². The van der Waals surface area contributed by atoms with Crippen molar-refractivity contribution >= 4 is 0 Å². The van der Waals surface area contributed by atoms with Crippen LogP contribution in [0.4, 0.5) is 0 Å². The minimum Gasteiger partial charge on any atom is -0.271 e. The Bertz CT molecular complexity index is 216. The predicted molar refractivity (Wildman–Crippen MR) is 59.8 cm³/mol. The van der Waals surface area contributed by atoms with Crippen molar-refractivity contribution < 1.29 is 0 Å². The van der Waals surface area contributed by atoms with Gasteiger partial charge in [-0.2, -0.15) is 0 Å². The molecule has 0 aliphatic heterocycles. The van der Waals surface area contributed by atoms with Crippen LogP contribution >= 0.6 is 0 Å². The first-order valence-corrected chi connectivity index (χ1v) is 4.22. The van der Waals surface area contributed by atoms with Gasteiger partial charge in [0.15, 0.2) is 0 Å². The zero-order valence-electron chi connectivity index (χ0n) is 8.43. The van der Waals surface area contributed by atoms with Crippen molar-refractivity contribution in [3.63, 3.8) is 0 Å². The molecule has 13 heavy (non-hydrogen) atoms. The fourth-order valence-electron chi connectivity index (χ4n) is 0.485. The molecule has 3 N–H and O–H groups in total. The number of allylic oxidation sites excluding steroid dienone is 4. The molecule has 0 radical (unpaired) electrons. The van der Waals surface area contributed by atoms with Gasteiger partial charge in [-0.15, -0.1) is 0 Å². The summed E-state index contributed by atoms with van der Waals surface area (Å²) in [6.45, 7) is 11.6. The number of hydrazine groups is 1. The van der Waals surface area contributed by atoms with Gasteiger partial charge in [0.1, 0.15) is 0 Å². The Morgan fingerprint density at radius 2 is 2.08 bits per heavy atom. The molecule has 72 valence electrons. The molecule has 0 atom stereocenters. The first kappa shape index (κ1) is 14.2. The molecule has 0 bridgehead atoms. The first-order valence-electron chi connectivity index (χ1n) is 4.22. The van der Waals surface area contributed by atoms with Gasteiger partial charge >= 0.3 is 0 Å². The SMILES string of the molecule is C=C/C=C(/C#CCNN)C=C.CC. The maximum Gasteiger partial charge on any atom is 0.0713 e. The molecule has 0 aromatic carbocycles. The van der Waals surface area contributed by atoms with E-state index in [0.29, 0.717) is 6.54 Å². The summed E-state index contributed by atoms with van der Waals surface area (Å²) in [5.41, 5.74) is 3.27. The van der Waals surface area contributed by atoms with Crippen LogP contribution in [-0.2, 0) is 0 Å². The summed E-state index contributed by atoms with van der Waals surface area (Å²) in [5.74, 6) is 10.7. The van der Waals surface area contributed by atoms with Crippen molar-refractivity contribution in [3.8, 4) is 11.8 Å². The molecule has 0 amide bonds. The molecule has 0 saturated heterocycles. The number of nitrogens with one attached hydrogen (secondary N) is 1. The third-order valence-corrected chi connectivity index (χ3v) is 0.940. The summed E-state index contributed by atoms with van der Waals surface area (Å²) in [7, 11) is 0. The Kier molecular flexibility index (Phi) is 14.6. The summed E-state index contributed by atoms with van der Waals surface area (Å²) >= 11 is 0. The van der Waals surface area contributed by atoms with Gasteiger partial charge < -0.3 is 0 Å². The molecule has 0 aliphatic rings. The van der Waals surface area contributed by atoms with Crippen molar-refractivity contribution in [1.29, 1.82) is 0 Å². The average Bonchev–Trinajstić information content (AvgIpc) is 2.20. The lowest BCUT2D eigenvalue weighted by molar-refractivity contribution is 0.837. The number of hydrogen-bond acceptors (Lipinski definition) is 2. The van der Waals surface area contributed by atoms with E-state index in [2.05, 4.69) is 30.4 Å². The molecular weight excluding hydrogens is 160 g/mol. The van der Waals surface area contributed by atoms with E-state index >= 15 is 0 Å². The highest BCUT2D eigenvalue weighted by Gasteiger charge is 1.78. The molecule has 0 aromatic rings. The zero-order valence-corrected chi connectivity index (χ0v) is 8.43. The van der Waals surface area contributed by atoms with Crippen LogP contribution in [0.2, 0.25) is 0 Å². The minimum absolute atomic E-state index is 0.475. The van der Waals surface area contributed by atoms with Crippen molar-refractivity contribution in [1.82, 2.24) is 5.43 Å². The highest BCUT2D eigenvalue weighted by molar-refractivity contribution is 5.39. The molecule has 0 saturated carbocycles. The second kappa shape index (κ2) is 13.3. The average molecular weight is 178 g/mol. The van der Waals surface area contributed by atoms with Crippen molar-refractivity contribution in [2.45, 2.75) is 13.8 Å². The Hall–Kier alpha value is -1.30. The predicted octanol–water partition coefficient (Wildman–Crippen LogP) is 1.78. The molecule has 0 heterocycles. The van der Waals surface area contributed by atoms with E-state index in [1.807, 2.05) is 13.8 Å². The van der Waals surface area contributed by atoms with Crippen LogP contribution < -0.4 is 11.3 Å². The normalized spacial score (nSPS) is 8.69. The number of nitrogens with two attached hydrogens (primary N) is 1. The van der Waals surface area contributed by atoms with E-state index in [1.165, 1.54) is 0 Å². The van der Waals surface area contributed by atoms with Crippen LogP contribution in [0.25, 0.3) is 0 Å². The molecule has 0 aromatic heterocycles. The quantitative estimate of drug-likeness (QED) is 0.299. The highest BCUT2D eigenvalue weighted by Crippen LogP contribution is 1.91. The van der Waals surface area contributed by atoms with Crippen molar-refractivity contribution in [3.05, 3.63) is 37.0 Å². The lowest BCUT2D eigenvalue weighted by Gasteiger charge is -1.85. The number of hydrogen-bond donors (Lipinski definition) is 2. The van der Waals surface area contributed by atoms with Crippen LogP contribution in [0.1, 0.15) is 13.8 Å². The van der Waals surface area contributed by atoms with Crippen LogP contribution in [-0.4, -0.2) is 6.54 Å². The van der Waals surface area contributed by atoms with E-state index in [4.69, 9.17) is 5.84 Å². The third kappa shape index (κ3) is 10.7. The van der Waals surface area contributed by atoms with Gasteiger partial charge in [-0.05, 0) is 6.08 Å². The third-order valence-electron chi connectivity index (χ3n) is 0.940. The molecule has 2 nitrogen and oxygen atoms in total. The second-order valence-corrected chi connectivity index (χ2v) is 1.74. The summed E-state index contributed by atoms with van der Waals surface area (Å²) in [5, 5.41) is 0. The van der Waals surface area contributed by atoms with E-state index in [0.717, 1.165) is 5.57 Å². The largest absolute Gasteiger partial charge is 0.271 e. The minimum atomic E-state index is 0.475. The molecule has 0 aliphatic carbocycles. The lowest BCUT2D eigenvalue weighted by atomic mass is 10.2.